The number of nitrogens with one attached hydrogen (secondary N) is 16. The Kier molecular flexibility index (Phi) is 17.0. The summed E-state index contributed by atoms with van der Waals surface area (Å²) in [6.07, 6.45) is 47.4. The fourth-order valence-corrected chi connectivity index (χ4v) is 23.5. The molecule has 0 radical (unpaired) electrons. The van der Waals surface area contributed by atoms with Gasteiger partial charge in [-0.25, -0.2) is 0 Å². The molecule has 16 N–H and O–H groups in total. The molecule has 18 rings (SSSR count). The van der Waals surface area contributed by atoms with Crippen LogP contribution in [0.2, 0.25) is 0 Å². The largest absolute Gasteiger partial charge is 2.00 e. The van der Waals surface area contributed by atoms with E-state index in [4.69, 9.17) is 0 Å². The summed E-state index contributed by atoms with van der Waals surface area (Å²) < 4.78 is 15.7. The first kappa shape index (κ1) is 57.2. The summed E-state index contributed by atoms with van der Waals surface area (Å²) in [4.78, 5) is 0. The molecular weight excluding hydrogens is 1060 g/mol. The summed E-state index contributed by atoms with van der Waals surface area (Å²) in [7, 11) is 0. The van der Waals surface area contributed by atoms with Gasteiger partial charge in [-0.1, -0.05) is 96.3 Å². The molecule has 33 unspecified atom stereocenters. The zero-order valence-electron chi connectivity index (χ0n) is 49.6. The van der Waals surface area contributed by atoms with Gasteiger partial charge in [0.15, 0.2) is 0 Å². The Bertz CT molecular complexity index is 1960. The van der Waals surface area contributed by atoms with Crippen LogP contribution in [0.3, 0.4) is 0 Å². The molecule has 18 fully saturated rings. The van der Waals surface area contributed by atoms with Crippen LogP contribution in [0.5, 0.6) is 0 Å². The number of hydrogen-bond donors (Lipinski definition) is 16. The van der Waals surface area contributed by atoms with Crippen LogP contribution >= 0.6 is 0 Å². The molecule has 10 heterocycles. The third-order valence-corrected chi connectivity index (χ3v) is 27.2. The fourth-order valence-electron chi connectivity index (χ4n) is 23.5. The molecule has 0 amide bonds. The third kappa shape index (κ3) is 10.4. The van der Waals surface area contributed by atoms with Gasteiger partial charge in [0.2, 0.25) is 0 Å². The van der Waals surface area contributed by atoms with Crippen LogP contribution in [0.25, 0.3) is 0 Å². The first-order chi connectivity index (χ1) is 40.0. The van der Waals surface area contributed by atoms with Gasteiger partial charge in [0.25, 0.3) is 0 Å². The number of halogens is 1. The maximum Gasteiger partial charge on any atom is 2.00 e. The molecule has 18 heteroatoms. The smallest absolute Gasteiger partial charge is 0.322 e. The topological polar surface area (TPSA) is 192 Å². The third-order valence-electron chi connectivity index (χ3n) is 27.2. The van der Waals surface area contributed by atoms with Crippen molar-refractivity contribution in [3.63, 3.8) is 0 Å². The second-order valence-corrected chi connectivity index (χ2v) is 30.9. The molecule has 0 aromatic carbocycles. The summed E-state index contributed by atoms with van der Waals surface area (Å²) in [6, 6.07) is 0. The summed E-state index contributed by atoms with van der Waals surface area (Å²) in [5.41, 5.74) is 0. The SMILES string of the molecule is FC1[CH-]CCC2C3NC4NC(NC5NC(NC6NC(NC(N3)C12)C1CCCCC61)C1CCCCC51)C1CCCCC41.[CH-]1CCCC2C3NC(NC4NC(NC5NC(NC6NC(N3)C3CCCCC63)C3CCCCC53)C3CCCCC43)C12.[Ti+2]. The zero-order chi connectivity index (χ0) is 53.3. The maximum absolute atomic E-state index is 15.7. The average Bonchev–Trinajstić information content (AvgIpc) is 4.45. The van der Waals surface area contributed by atoms with Gasteiger partial charge in [-0.05, 0) is 172 Å². The molecule has 8 saturated carbocycles. The van der Waals surface area contributed by atoms with Crippen LogP contribution in [0.4, 0.5) is 4.39 Å². The van der Waals surface area contributed by atoms with Crippen LogP contribution in [-0.2, 0) is 21.7 Å². The summed E-state index contributed by atoms with van der Waals surface area (Å²) >= 11 is 0. The first-order valence-corrected chi connectivity index (χ1v) is 35.5. The molecule has 82 heavy (non-hydrogen) atoms. The van der Waals surface area contributed by atoms with E-state index >= 15 is 4.39 Å². The van der Waals surface area contributed by atoms with Gasteiger partial charge in [0, 0.05) is 6.17 Å². The zero-order valence-corrected chi connectivity index (χ0v) is 51.2. The van der Waals surface area contributed by atoms with Crippen LogP contribution < -0.4 is 85.1 Å². The molecule has 16 bridgehead atoms. The predicted molar refractivity (Wildman–Crippen MR) is 314 cm³/mol. The van der Waals surface area contributed by atoms with Crippen LogP contribution in [0.15, 0.2) is 0 Å². The molecule has 8 aliphatic carbocycles. The van der Waals surface area contributed by atoms with E-state index in [0.29, 0.717) is 127 Å². The van der Waals surface area contributed by atoms with E-state index in [0.717, 1.165) is 48.3 Å². The van der Waals surface area contributed by atoms with E-state index in [1.807, 2.05) is 6.42 Å². The van der Waals surface area contributed by atoms with Gasteiger partial charge >= 0.3 is 21.7 Å². The van der Waals surface area contributed by atoms with E-state index in [-0.39, 0.29) is 52.3 Å². The predicted octanol–water partition coefficient (Wildman–Crippen LogP) is 4.79. The van der Waals surface area contributed by atoms with Gasteiger partial charge in [-0.3, -0.25) is 95.9 Å². The Labute approximate surface area is 507 Å². The van der Waals surface area contributed by atoms with Crippen molar-refractivity contribution in [2.45, 2.75) is 291 Å². The van der Waals surface area contributed by atoms with Crippen molar-refractivity contribution in [1.29, 1.82) is 0 Å². The molecular formula is C64H109FN16Ti. The van der Waals surface area contributed by atoms with Crippen molar-refractivity contribution < 1.29 is 26.1 Å². The van der Waals surface area contributed by atoms with Gasteiger partial charge in [0.1, 0.15) is 0 Å². The second-order valence-electron chi connectivity index (χ2n) is 30.9. The van der Waals surface area contributed by atoms with Gasteiger partial charge in [-0.15, -0.1) is 5.92 Å². The summed E-state index contributed by atoms with van der Waals surface area (Å²) in [5.74, 6) is 9.97. The number of fused-ring (bicyclic) bond motifs is 40. The normalized spacial score (nSPS) is 57.3. The molecule has 0 spiro atoms. The van der Waals surface area contributed by atoms with E-state index in [2.05, 4.69) is 91.5 Å². The molecule has 10 aliphatic heterocycles. The molecule has 0 aromatic heterocycles. The molecule has 456 valence electrons. The van der Waals surface area contributed by atoms with E-state index in [9.17, 15) is 0 Å². The standard InChI is InChI=1S/C32H54FN8.C32H55N8.Ti/c33-23-15-7-14-22-24(23)32-40-30-21-13-6-5-12-20(21)28(38-30)36-26-17-9-2-1-8-16(17)25(34-26)35-27-18-10-3-4-11-19(18)29(37-27)39-31(22)41-32;1-2-10-18-17(9-1)25-33-26(18)38-28-21-13-5-6-14-22(21)30(35-28)40-32-24-16-8-7-15-23(24)31(36-32)39-29-20-12-4-3-11-19(20)27(34-29)37-25;/h15-32,34-41H,1-14H2;9,17-40H,1-8,10-16H2;/q2*-1;+2. The molecule has 16 nitrogen and oxygen atoms in total. The van der Waals surface area contributed by atoms with Crippen molar-refractivity contribution in [2.24, 2.45) is 94.7 Å². The minimum absolute atomic E-state index is 0. The summed E-state index contributed by atoms with van der Waals surface area (Å²) in [6.45, 7) is 0. The average molecular weight is 1170 g/mol. The molecule has 33 atom stereocenters. The van der Waals surface area contributed by atoms with Gasteiger partial charge in [0.05, 0.1) is 92.5 Å². The number of hydrogen-bond acceptors (Lipinski definition) is 16. The van der Waals surface area contributed by atoms with Gasteiger partial charge < -0.3 is 6.42 Å². The molecule has 10 saturated heterocycles. The first-order valence-electron chi connectivity index (χ1n) is 35.5. The Morgan fingerprint density at radius 2 is 0.427 bits per heavy atom. The Morgan fingerprint density at radius 3 is 0.707 bits per heavy atom. The van der Waals surface area contributed by atoms with Crippen LogP contribution in [-0.4, -0.2) is 105 Å². The summed E-state index contributed by atoms with van der Waals surface area (Å²) in [5, 5.41) is 66.4. The quantitative estimate of drug-likeness (QED) is 0.117. The van der Waals surface area contributed by atoms with Crippen molar-refractivity contribution in [3.8, 4) is 0 Å². The van der Waals surface area contributed by atoms with Crippen molar-refractivity contribution in [3.05, 3.63) is 12.8 Å². The van der Waals surface area contributed by atoms with Crippen molar-refractivity contribution in [1.82, 2.24) is 85.1 Å². The Balaban J connectivity index is 0.000000133. The minimum Gasteiger partial charge on any atom is -0.322 e. The van der Waals surface area contributed by atoms with Crippen LogP contribution in [0.1, 0.15) is 186 Å². The van der Waals surface area contributed by atoms with Crippen molar-refractivity contribution in [2.75, 3.05) is 0 Å². The number of alkyl halides is 1. The van der Waals surface area contributed by atoms with Crippen LogP contribution in [0, 0.1) is 108 Å². The minimum atomic E-state index is -0.846. The van der Waals surface area contributed by atoms with E-state index in [1.165, 1.54) is 173 Å². The maximum atomic E-state index is 15.7. The molecule has 18 aliphatic rings. The number of rotatable bonds is 0. The second kappa shape index (κ2) is 24.3. The van der Waals surface area contributed by atoms with Crippen molar-refractivity contribution >= 4 is 0 Å². The Hall–Kier alpha value is 0.00429. The monoisotopic (exact) mass is 1170 g/mol. The van der Waals surface area contributed by atoms with E-state index < -0.39 is 6.17 Å². The fraction of sp³-hybridized carbons (Fsp3) is 0.969. The van der Waals surface area contributed by atoms with Gasteiger partial charge in [-0.2, -0.15) is 12.8 Å². The van der Waals surface area contributed by atoms with E-state index in [1.54, 1.807) is 0 Å². The Morgan fingerprint density at radius 1 is 0.207 bits per heavy atom. The molecule has 0 aromatic rings.